The van der Waals surface area contributed by atoms with Crippen molar-refractivity contribution in [2.24, 2.45) is 0 Å². The minimum Gasteiger partial charge on any atom is -0.465 e. The van der Waals surface area contributed by atoms with E-state index >= 15 is 0 Å². The number of likely N-dealkylation sites (tertiary alicyclic amines) is 1. The topological polar surface area (TPSA) is 130 Å². The smallest absolute Gasteiger partial charge is 0.407 e. The van der Waals surface area contributed by atoms with Crippen molar-refractivity contribution in [3.05, 3.63) is 54.2 Å². The zero-order chi connectivity index (χ0) is 31.1. The quantitative estimate of drug-likeness (QED) is 0.246. The summed E-state index contributed by atoms with van der Waals surface area (Å²) in [4.78, 5) is 29.1. The highest BCUT2D eigenvalue weighted by Gasteiger charge is 2.33. The van der Waals surface area contributed by atoms with Gasteiger partial charge in [0.25, 0.3) is 5.91 Å². The Bertz CT molecular complexity index is 1640. The average Bonchev–Trinajstić information content (AvgIpc) is 3.67. The predicted octanol–water partition coefficient (Wildman–Crippen LogP) is 5.24. The lowest BCUT2D eigenvalue weighted by atomic mass is 10.0. The maximum Gasteiger partial charge on any atom is 0.407 e. The number of aromatic nitrogens is 4. The molecule has 0 unspecified atom stereocenters. The molecule has 0 radical (unpaired) electrons. The van der Waals surface area contributed by atoms with Gasteiger partial charge in [-0.1, -0.05) is 11.2 Å². The fourth-order valence-corrected chi connectivity index (χ4v) is 5.02. The minimum absolute atomic E-state index is 0.00812. The van der Waals surface area contributed by atoms with Crippen molar-refractivity contribution in [3.8, 4) is 11.5 Å². The molecule has 2 amide bonds. The van der Waals surface area contributed by atoms with E-state index in [1.165, 1.54) is 12.1 Å². The number of amides is 2. The van der Waals surface area contributed by atoms with Crippen LogP contribution in [-0.2, 0) is 18.6 Å². The van der Waals surface area contributed by atoms with Crippen molar-refractivity contribution in [1.82, 2.24) is 29.5 Å². The second-order valence-corrected chi connectivity index (χ2v) is 11.4. The molecule has 2 atom stereocenters. The monoisotopic (exact) mass is 605 g/mol. The zero-order valence-electron chi connectivity index (χ0n) is 23.7. The Labute approximate surface area is 243 Å². The van der Waals surface area contributed by atoms with Gasteiger partial charge >= 0.3 is 12.3 Å². The van der Waals surface area contributed by atoms with E-state index in [0.717, 1.165) is 9.47 Å². The molecule has 0 spiro atoms. The second-order valence-electron chi connectivity index (χ2n) is 11.4. The van der Waals surface area contributed by atoms with Crippen LogP contribution in [0.25, 0.3) is 22.4 Å². The van der Waals surface area contributed by atoms with Gasteiger partial charge in [-0.3, -0.25) is 4.79 Å². The Hall–Kier alpha value is -4.56. The molecule has 11 nitrogen and oxygen atoms in total. The molecule has 3 aromatic heterocycles. The van der Waals surface area contributed by atoms with Gasteiger partial charge in [0.05, 0.1) is 35.9 Å². The average molecular weight is 606 g/mol. The SMILES string of the molecule is CC(C)(C)n1ccc(C(=O)NCc2nc(-c3cc4c(N[C@@H]5CCN(C(=O)O)C[C@@H]5F)cccc4n3CC(F)(F)F)no2)c1. The van der Waals surface area contributed by atoms with Crippen LogP contribution >= 0.6 is 0 Å². The highest BCUT2D eigenvalue weighted by atomic mass is 19.4. The summed E-state index contributed by atoms with van der Waals surface area (Å²) >= 11 is 0. The molecule has 1 aromatic carbocycles. The number of benzene rings is 1. The van der Waals surface area contributed by atoms with Crippen LogP contribution in [-0.4, -0.2) is 72.8 Å². The highest BCUT2D eigenvalue weighted by Crippen LogP contribution is 2.35. The molecule has 15 heteroatoms. The first-order valence-corrected chi connectivity index (χ1v) is 13.6. The number of anilines is 1. The number of nitrogens with zero attached hydrogens (tertiary/aromatic N) is 5. The normalized spacial score (nSPS) is 17.8. The molecule has 230 valence electrons. The molecule has 1 fully saturated rings. The highest BCUT2D eigenvalue weighted by molar-refractivity contribution is 5.96. The summed E-state index contributed by atoms with van der Waals surface area (Å²) in [5.41, 5.74) is 0.815. The lowest BCUT2D eigenvalue weighted by molar-refractivity contribution is -0.139. The summed E-state index contributed by atoms with van der Waals surface area (Å²) in [5, 5.41) is 19.1. The van der Waals surface area contributed by atoms with Crippen molar-refractivity contribution in [2.75, 3.05) is 18.4 Å². The number of alkyl halides is 4. The third-order valence-electron chi connectivity index (χ3n) is 7.26. The third-order valence-corrected chi connectivity index (χ3v) is 7.26. The largest absolute Gasteiger partial charge is 0.465 e. The Morgan fingerprint density at radius 2 is 1.95 bits per heavy atom. The van der Waals surface area contributed by atoms with Crippen molar-refractivity contribution in [1.29, 1.82) is 0 Å². The number of carboxylic acid groups (broad SMARTS) is 1. The molecule has 4 heterocycles. The molecule has 43 heavy (non-hydrogen) atoms. The standard InChI is InChI=1S/C28H31F4N7O4/c1-27(2,3)38-10-7-16(13-38)25(40)33-12-23-35-24(36-43-23)22-11-17-19(5-4-6-21(17)39(22)15-28(30,31)32)34-20-8-9-37(26(41)42)14-18(20)29/h4-7,10-11,13,18,20,34H,8-9,12,14-15H2,1-3H3,(H,33,40)(H,41,42)/t18-,20+/m0/s1. The molecule has 0 bridgehead atoms. The summed E-state index contributed by atoms with van der Waals surface area (Å²) in [6, 6.07) is 7.06. The molecule has 3 N–H and O–H groups in total. The van der Waals surface area contributed by atoms with Crippen LogP contribution < -0.4 is 10.6 Å². The number of carbonyl (C=O) groups excluding carboxylic acids is 1. The van der Waals surface area contributed by atoms with E-state index < -0.39 is 31.0 Å². The molecule has 5 rings (SSSR count). The van der Waals surface area contributed by atoms with Crippen molar-refractivity contribution in [3.63, 3.8) is 0 Å². The number of halogens is 4. The van der Waals surface area contributed by atoms with Gasteiger partial charge in [0.15, 0.2) is 0 Å². The van der Waals surface area contributed by atoms with Crippen LogP contribution in [0.3, 0.4) is 0 Å². The summed E-state index contributed by atoms with van der Waals surface area (Å²) < 4.78 is 64.0. The first kappa shape index (κ1) is 29.9. The summed E-state index contributed by atoms with van der Waals surface area (Å²) in [5.74, 6) is -0.510. The summed E-state index contributed by atoms with van der Waals surface area (Å²) in [6.07, 6.45) is -3.64. The number of hydrogen-bond donors (Lipinski definition) is 3. The maximum atomic E-state index is 14.8. The van der Waals surface area contributed by atoms with Gasteiger partial charge in [-0.05, 0) is 51.5 Å². The molecule has 1 aliphatic rings. The van der Waals surface area contributed by atoms with Gasteiger partial charge in [0, 0.05) is 35.6 Å². The van der Waals surface area contributed by atoms with Gasteiger partial charge in [-0.2, -0.15) is 18.2 Å². The summed E-state index contributed by atoms with van der Waals surface area (Å²) in [6.45, 7) is 4.30. The number of nitrogens with one attached hydrogen (secondary N) is 2. The first-order valence-electron chi connectivity index (χ1n) is 13.6. The Balaban J connectivity index is 1.39. The Morgan fingerprint density at radius 1 is 1.19 bits per heavy atom. The zero-order valence-corrected chi connectivity index (χ0v) is 23.7. The Kier molecular flexibility index (Phi) is 7.84. The fourth-order valence-electron chi connectivity index (χ4n) is 5.02. The second kappa shape index (κ2) is 11.3. The van der Waals surface area contributed by atoms with Crippen LogP contribution in [0.5, 0.6) is 0 Å². The minimum atomic E-state index is -4.58. The van der Waals surface area contributed by atoms with E-state index in [-0.39, 0.29) is 60.4 Å². The van der Waals surface area contributed by atoms with E-state index in [1.807, 2.05) is 25.3 Å². The molecule has 4 aromatic rings. The maximum absolute atomic E-state index is 14.8. The van der Waals surface area contributed by atoms with E-state index in [1.54, 1.807) is 30.6 Å². The number of piperidine rings is 1. The molecule has 0 aliphatic carbocycles. The van der Waals surface area contributed by atoms with E-state index in [0.29, 0.717) is 16.6 Å². The fraction of sp³-hybridized carbons (Fsp3) is 0.429. The first-order chi connectivity index (χ1) is 20.2. The van der Waals surface area contributed by atoms with Crippen LogP contribution in [0.1, 0.15) is 43.4 Å². The van der Waals surface area contributed by atoms with Gasteiger partial charge in [0.1, 0.15) is 12.7 Å². The number of hydrogen-bond acceptors (Lipinski definition) is 6. The van der Waals surface area contributed by atoms with Crippen molar-refractivity contribution in [2.45, 2.75) is 64.2 Å². The number of rotatable bonds is 7. The molecule has 0 saturated carbocycles. The van der Waals surface area contributed by atoms with Crippen LogP contribution in [0.15, 0.2) is 47.2 Å². The molecule has 1 saturated heterocycles. The molecule has 1 aliphatic heterocycles. The summed E-state index contributed by atoms with van der Waals surface area (Å²) in [7, 11) is 0. The van der Waals surface area contributed by atoms with Gasteiger partial charge in [0.2, 0.25) is 11.7 Å². The van der Waals surface area contributed by atoms with E-state index in [2.05, 4.69) is 20.8 Å². The van der Waals surface area contributed by atoms with Crippen molar-refractivity contribution >= 4 is 28.6 Å². The van der Waals surface area contributed by atoms with Gasteiger partial charge in [-0.15, -0.1) is 0 Å². The predicted molar refractivity (Wildman–Crippen MR) is 148 cm³/mol. The van der Waals surface area contributed by atoms with Crippen LogP contribution in [0.4, 0.5) is 28.0 Å². The molecular weight excluding hydrogens is 574 g/mol. The Morgan fingerprint density at radius 3 is 2.60 bits per heavy atom. The number of fused-ring (bicyclic) bond motifs is 1. The van der Waals surface area contributed by atoms with Crippen LogP contribution in [0, 0.1) is 0 Å². The van der Waals surface area contributed by atoms with E-state index in [4.69, 9.17) is 9.63 Å². The van der Waals surface area contributed by atoms with Gasteiger partial charge in [-0.25, -0.2) is 9.18 Å². The molecular formula is C28H31F4N7O4. The van der Waals surface area contributed by atoms with Crippen molar-refractivity contribution < 1.29 is 36.8 Å². The lowest BCUT2D eigenvalue weighted by Gasteiger charge is -2.34. The number of carbonyl (C=O) groups is 2. The lowest BCUT2D eigenvalue weighted by Crippen LogP contribution is -2.49. The van der Waals surface area contributed by atoms with Gasteiger partial charge < -0.3 is 34.3 Å². The van der Waals surface area contributed by atoms with Crippen LogP contribution in [0.2, 0.25) is 0 Å². The van der Waals surface area contributed by atoms with E-state index in [9.17, 15) is 27.2 Å². The third kappa shape index (κ3) is 6.60.